The molecule has 4 nitrogen and oxygen atoms in total. The van der Waals surface area contributed by atoms with Crippen LogP contribution >= 0.6 is 0 Å². The largest absolute Gasteiger partial charge is 0.268 e. The zero-order valence-electron chi connectivity index (χ0n) is 11.9. The molecule has 21 heavy (non-hydrogen) atoms. The van der Waals surface area contributed by atoms with Crippen molar-refractivity contribution in [1.29, 1.82) is 0 Å². The summed E-state index contributed by atoms with van der Waals surface area (Å²) in [6, 6.07) is 14.8. The van der Waals surface area contributed by atoms with Crippen LogP contribution in [0.2, 0.25) is 0 Å². The lowest BCUT2D eigenvalue weighted by Gasteiger charge is -2.12. The lowest BCUT2D eigenvalue weighted by atomic mass is 9.97. The summed E-state index contributed by atoms with van der Waals surface area (Å²) in [4.78, 5) is 12.3. The summed E-state index contributed by atoms with van der Waals surface area (Å²) in [5, 5.41) is 0. The van der Waals surface area contributed by atoms with Crippen LogP contribution in [-0.2, 0) is 10.0 Å². The van der Waals surface area contributed by atoms with Crippen LogP contribution in [0.5, 0.6) is 0 Å². The van der Waals surface area contributed by atoms with Gasteiger partial charge in [0.05, 0.1) is 4.90 Å². The maximum absolute atomic E-state index is 12.3. The van der Waals surface area contributed by atoms with Gasteiger partial charge >= 0.3 is 0 Å². The van der Waals surface area contributed by atoms with E-state index in [9.17, 15) is 13.2 Å². The molecule has 0 saturated heterocycles. The zero-order chi connectivity index (χ0) is 15.5. The summed E-state index contributed by atoms with van der Waals surface area (Å²) in [5.41, 5.74) is 1.20. The van der Waals surface area contributed by atoms with Gasteiger partial charge in [0.25, 0.3) is 15.9 Å². The molecule has 2 aromatic rings. The van der Waals surface area contributed by atoms with Crippen LogP contribution in [0.15, 0.2) is 59.5 Å². The van der Waals surface area contributed by atoms with Gasteiger partial charge in [-0.25, -0.2) is 13.1 Å². The lowest BCUT2D eigenvalue weighted by Crippen LogP contribution is -2.31. The summed E-state index contributed by atoms with van der Waals surface area (Å²) in [6.45, 7) is 3.91. The van der Waals surface area contributed by atoms with Crippen molar-refractivity contribution < 1.29 is 13.2 Å². The fourth-order valence-electron chi connectivity index (χ4n) is 2.04. The van der Waals surface area contributed by atoms with E-state index in [0.29, 0.717) is 5.56 Å². The van der Waals surface area contributed by atoms with E-state index in [-0.39, 0.29) is 10.8 Å². The average molecular weight is 303 g/mol. The molecule has 0 atom stereocenters. The van der Waals surface area contributed by atoms with Crippen LogP contribution in [0.3, 0.4) is 0 Å². The van der Waals surface area contributed by atoms with Gasteiger partial charge in [-0.2, -0.15) is 0 Å². The van der Waals surface area contributed by atoms with E-state index in [1.54, 1.807) is 30.3 Å². The number of rotatable bonds is 4. The number of amides is 1. The minimum atomic E-state index is -3.85. The van der Waals surface area contributed by atoms with Gasteiger partial charge in [-0.15, -0.1) is 0 Å². The molecule has 0 heterocycles. The summed E-state index contributed by atoms with van der Waals surface area (Å²) in [7, 11) is -3.85. The molecule has 1 amide bonds. The van der Waals surface area contributed by atoms with E-state index in [1.807, 2.05) is 26.0 Å². The molecule has 0 bridgehead atoms. The van der Waals surface area contributed by atoms with E-state index in [2.05, 4.69) is 4.72 Å². The van der Waals surface area contributed by atoms with E-state index < -0.39 is 15.9 Å². The molecule has 0 saturated carbocycles. The van der Waals surface area contributed by atoms with Crippen molar-refractivity contribution in [2.24, 2.45) is 0 Å². The second kappa shape index (κ2) is 6.10. The Balaban J connectivity index is 2.31. The first-order valence-corrected chi connectivity index (χ1v) is 8.11. The van der Waals surface area contributed by atoms with Crippen LogP contribution in [-0.4, -0.2) is 14.3 Å². The van der Waals surface area contributed by atoms with Crippen LogP contribution in [0.1, 0.15) is 35.7 Å². The highest BCUT2D eigenvalue weighted by atomic mass is 32.2. The van der Waals surface area contributed by atoms with E-state index in [0.717, 1.165) is 5.56 Å². The van der Waals surface area contributed by atoms with Crippen molar-refractivity contribution in [1.82, 2.24) is 4.72 Å². The number of hydrogen-bond donors (Lipinski definition) is 1. The minimum Gasteiger partial charge on any atom is -0.268 e. The summed E-state index contributed by atoms with van der Waals surface area (Å²) < 4.78 is 26.4. The van der Waals surface area contributed by atoms with E-state index in [4.69, 9.17) is 0 Å². The fraction of sp³-hybridized carbons (Fsp3) is 0.188. The van der Waals surface area contributed by atoms with Crippen LogP contribution in [0.25, 0.3) is 0 Å². The summed E-state index contributed by atoms with van der Waals surface area (Å²) >= 11 is 0. The molecule has 0 radical (unpaired) electrons. The number of nitrogens with one attached hydrogen (secondary N) is 1. The number of carbonyl (C=O) groups excluding carboxylic acids is 1. The van der Waals surface area contributed by atoms with Gasteiger partial charge in [0.1, 0.15) is 0 Å². The second-order valence-electron chi connectivity index (χ2n) is 4.99. The van der Waals surface area contributed by atoms with E-state index in [1.165, 1.54) is 12.1 Å². The van der Waals surface area contributed by atoms with Gasteiger partial charge in [-0.05, 0) is 29.7 Å². The molecule has 1 N–H and O–H groups in total. The van der Waals surface area contributed by atoms with Gasteiger partial charge in [0.15, 0.2) is 0 Å². The fourth-order valence-corrected chi connectivity index (χ4v) is 3.03. The highest BCUT2D eigenvalue weighted by Crippen LogP contribution is 2.19. The van der Waals surface area contributed by atoms with Crippen molar-refractivity contribution >= 4 is 15.9 Å². The average Bonchev–Trinajstić information content (AvgIpc) is 2.47. The number of carbonyl (C=O) groups is 1. The topological polar surface area (TPSA) is 63.2 Å². The molecule has 0 spiro atoms. The van der Waals surface area contributed by atoms with E-state index >= 15 is 0 Å². The molecule has 0 aliphatic carbocycles. The molecule has 110 valence electrons. The van der Waals surface area contributed by atoms with Gasteiger partial charge < -0.3 is 0 Å². The molecule has 5 heteroatoms. The Labute approximate surface area is 124 Å². The number of hydrogen-bond acceptors (Lipinski definition) is 3. The first-order valence-electron chi connectivity index (χ1n) is 6.63. The molecule has 0 aliphatic heterocycles. The Hall–Kier alpha value is -2.14. The lowest BCUT2D eigenvalue weighted by molar-refractivity contribution is 0.0980. The Morgan fingerprint density at radius 2 is 1.52 bits per heavy atom. The third kappa shape index (κ3) is 3.49. The van der Waals surface area contributed by atoms with Crippen molar-refractivity contribution in [2.45, 2.75) is 24.7 Å². The van der Waals surface area contributed by atoms with Crippen LogP contribution in [0, 0.1) is 0 Å². The van der Waals surface area contributed by atoms with Crippen molar-refractivity contribution in [3.05, 3.63) is 65.7 Å². The highest BCUT2D eigenvalue weighted by Gasteiger charge is 2.20. The molecule has 0 aromatic heterocycles. The van der Waals surface area contributed by atoms with Crippen molar-refractivity contribution in [3.63, 3.8) is 0 Å². The van der Waals surface area contributed by atoms with Gasteiger partial charge in [-0.1, -0.05) is 50.2 Å². The SMILES string of the molecule is CC(C)c1ccccc1C(=O)NS(=O)(=O)c1ccccc1. The Bertz CT molecular complexity index is 737. The monoisotopic (exact) mass is 303 g/mol. The molecular formula is C16H17NO3S. The van der Waals surface area contributed by atoms with Crippen molar-refractivity contribution in [2.75, 3.05) is 0 Å². The maximum atomic E-state index is 12.3. The quantitative estimate of drug-likeness (QED) is 0.944. The second-order valence-corrected chi connectivity index (χ2v) is 6.67. The standard InChI is InChI=1S/C16H17NO3S/c1-12(2)14-10-6-7-11-15(14)16(18)17-21(19,20)13-8-4-3-5-9-13/h3-12H,1-2H3,(H,17,18). The minimum absolute atomic E-state index is 0.0698. The van der Waals surface area contributed by atoms with Gasteiger partial charge in [0, 0.05) is 5.56 Å². The third-order valence-electron chi connectivity index (χ3n) is 3.11. The predicted molar refractivity (Wildman–Crippen MR) is 81.6 cm³/mol. The summed E-state index contributed by atoms with van der Waals surface area (Å²) in [6.07, 6.45) is 0. The molecule has 0 aliphatic rings. The third-order valence-corrected chi connectivity index (χ3v) is 4.45. The first kappa shape index (κ1) is 15.3. The maximum Gasteiger partial charge on any atom is 0.265 e. The van der Waals surface area contributed by atoms with Crippen molar-refractivity contribution in [3.8, 4) is 0 Å². The molecule has 2 aromatic carbocycles. The van der Waals surface area contributed by atoms with Gasteiger partial charge in [0.2, 0.25) is 0 Å². The molecule has 0 unspecified atom stereocenters. The number of benzene rings is 2. The van der Waals surface area contributed by atoms with Crippen LogP contribution < -0.4 is 4.72 Å². The number of sulfonamides is 1. The summed E-state index contributed by atoms with van der Waals surface area (Å²) in [5.74, 6) is -0.477. The molecular weight excluding hydrogens is 286 g/mol. The first-order chi connectivity index (χ1) is 9.92. The normalized spacial score (nSPS) is 11.4. The van der Waals surface area contributed by atoms with Gasteiger partial charge in [-0.3, -0.25) is 4.79 Å². The molecule has 2 rings (SSSR count). The highest BCUT2D eigenvalue weighted by molar-refractivity contribution is 7.90. The smallest absolute Gasteiger partial charge is 0.265 e. The van der Waals surface area contributed by atoms with Crippen LogP contribution in [0.4, 0.5) is 0 Å². The zero-order valence-corrected chi connectivity index (χ0v) is 12.7. The molecule has 0 fully saturated rings. The Morgan fingerprint density at radius 1 is 0.952 bits per heavy atom. The predicted octanol–water partition coefficient (Wildman–Crippen LogP) is 2.93. The Morgan fingerprint density at radius 3 is 2.14 bits per heavy atom. The Kier molecular flexibility index (Phi) is 4.43.